The van der Waals surface area contributed by atoms with Crippen molar-refractivity contribution in [3.05, 3.63) is 146 Å². The van der Waals surface area contributed by atoms with Crippen molar-refractivity contribution in [3.63, 3.8) is 0 Å². The Morgan fingerprint density at radius 1 is 0.266 bits per heavy atom. The molecule has 0 aromatic carbocycles. The Morgan fingerprint density at radius 2 is 0.494 bits per heavy atom. The van der Waals surface area contributed by atoms with Crippen LogP contribution in [0, 0.1) is 0 Å². The lowest BCUT2D eigenvalue weighted by atomic mass is 10.0. The van der Waals surface area contributed by atoms with Crippen molar-refractivity contribution >= 4 is 17.9 Å². The Hall–Kier alpha value is -4.71. The molecule has 0 saturated heterocycles. The van der Waals surface area contributed by atoms with Crippen LogP contribution in [0.4, 0.5) is 0 Å². The van der Waals surface area contributed by atoms with Crippen molar-refractivity contribution < 1.29 is 28.6 Å². The highest BCUT2D eigenvalue weighted by Crippen LogP contribution is 2.16. The maximum Gasteiger partial charge on any atom is 0.306 e. The predicted octanol–water partition coefficient (Wildman–Crippen LogP) is 22.3. The first kappa shape index (κ1) is 74.3. The smallest absolute Gasteiger partial charge is 0.306 e. The minimum Gasteiger partial charge on any atom is -0.462 e. The van der Waals surface area contributed by atoms with E-state index in [0.29, 0.717) is 19.3 Å². The largest absolute Gasteiger partial charge is 0.462 e. The summed E-state index contributed by atoms with van der Waals surface area (Å²) < 4.78 is 16.9. The molecule has 0 amide bonds. The second kappa shape index (κ2) is 65.8. The first-order valence-corrected chi connectivity index (χ1v) is 32.3. The molecule has 0 aliphatic heterocycles. The Balaban J connectivity index is 4.53. The summed E-state index contributed by atoms with van der Waals surface area (Å²) in [5, 5.41) is 0. The molecule has 79 heavy (non-hydrogen) atoms. The molecule has 0 bridgehead atoms. The van der Waals surface area contributed by atoms with Crippen molar-refractivity contribution in [2.45, 2.75) is 284 Å². The van der Waals surface area contributed by atoms with Gasteiger partial charge in [0, 0.05) is 19.3 Å². The second-order valence-electron chi connectivity index (χ2n) is 20.9. The number of carbonyl (C=O) groups is 3. The SMILES string of the molecule is CC/C=C\C/C=C\C/C=C\C/C=C\C/C=C\C/C=C\CCCCCCC(=O)OCC(COC(=O)CCCCCCCCCCCCCCCCCCC)OC(=O)CCCC/C=C\C/C=C\C/C=C\C/C=C\C/C=C\C/C=C\CC. The van der Waals surface area contributed by atoms with Gasteiger partial charge in [0.15, 0.2) is 6.10 Å². The van der Waals surface area contributed by atoms with Crippen LogP contribution in [0.25, 0.3) is 0 Å². The molecule has 0 aromatic rings. The summed E-state index contributed by atoms with van der Waals surface area (Å²) in [4.78, 5) is 38.4. The molecule has 6 nitrogen and oxygen atoms in total. The lowest BCUT2D eigenvalue weighted by Gasteiger charge is -2.18. The van der Waals surface area contributed by atoms with Gasteiger partial charge < -0.3 is 14.2 Å². The van der Waals surface area contributed by atoms with Crippen LogP contribution in [0.5, 0.6) is 0 Å². The van der Waals surface area contributed by atoms with Crippen molar-refractivity contribution in [1.29, 1.82) is 0 Å². The van der Waals surface area contributed by atoms with E-state index in [1.165, 1.54) is 89.9 Å². The fourth-order valence-electron chi connectivity index (χ4n) is 8.57. The van der Waals surface area contributed by atoms with Crippen LogP contribution >= 0.6 is 0 Å². The zero-order valence-electron chi connectivity index (χ0n) is 51.1. The summed E-state index contributed by atoms with van der Waals surface area (Å²) >= 11 is 0. The molecule has 446 valence electrons. The minimum atomic E-state index is -0.819. The number of allylic oxidation sites excluding steroid dienone is 24. The minimum absolute atomic E-state index is 0.107. The molecule has 6 heteroatoms. The summed E-state index contributed by atoms with van der Waals surface area (Å²) in [6.07, 6.45) is 94.2. The third-order valence-corrected chi connectivity index (χ3v) is 13.3. The van der Waals surface area contributed by atoms with Crippen molar-refractivity contribution in [2.75, 3.05) is 13.2 Å². The van der Waals surface area contributed by atoms with Crippen molar-refractivity contribution in [3.8, 4) is 0 Å². The zero-order valence-corrected chi connectivity index (χ0v) is 51.1. The molecule has 0 radical (unpaired) electrons. The highest BCUT2D eigenvalue weighted by molar-refractivity contribution is 5.71. The topological polar surface area (TPSA) is 78.9 Å². The first-order chi connectivity index (χ1) is 39.0. The maximum atomic E-state index is 12.9. The molecule has 0 aliphatic carbocycles. The van der Waals surface area contributed by atoms with E-state index in [-0.39, 0.29) is 37.5 Å². The molecule has 1 atom stereocenters. The number of rotatable bonds is 57. The summed E-state index contributed by atoms with van der Waals surface area (Å²) in [7, 11) is 0. The van der Waals surface area contributed by atoms with Crippen LogP contribution in [-0.2, 0) is 28.6 Å². The van der Waals surface area contributed by atoms with Gasteiger partial charge >= 0.3 is 17.9 Å². The highest BCUT2D eigenvalue weighted by Gasteiger charge is 2.19. The molecular formula is C73H118O6. The van der Waals surface area contributed by atoms with E-state index < -0.39 is 6.10 Å². The lowest BCUT2D eigenvalue weighted by molar-refractivity contribution is -0.167. The molecule has 0 heterocycles. The van der Waals surface area contributed by atoms with E-state index in [0.717, 1.165) is 141 Å². The van der Waals surface area contributed by atoms with Crippen LogP contribution in [-0.4, -0.2) is 37.2 Å². The Kier molecular flexibility index (Phi) is 61.9. The number of hydrogen-bond acceptors (Lipinski definition) is 6. The molecule has 0 rings (SSSR count). The molecule has 0 N–H and O–H groups in total. The normalized spacial score (nSPS) is 13.1. The van der Waals surface area contributed by atoms with Crippen LogP contribution in [0.2, 0.25) is 0 Å². The van der Waals surface area contributed by atoms with E-state index in [1.54, 1.807) is 0 Å². The zero-order chi connectivity index (χ0) is 57.1. The van der Waals surface area contributed by atoms with Crippen LogP contribution < -0.4 is 0 Å². The van der Waals surface area contributed by atoms with Gasteiger partial charge in [-0.15, -0.1) is 0 Å². The number of esters is 3. The molecule has 0 fully saturated rings. The van der Waals surface area contributed by atoms with Gasteiger partial charge in [0.05, 0.1) is 0 Å². The van der Waals surface area contributed by atoms with E-state index in [4.69, 9.17) is 14.2 Å². The van der Waals surface area contributed by atoms with E-state index >= 15 is 0 Å². The van der Waals surface area contributed by atoms with Gasteiger partial charge in [-0.1, -0.05) is 282 Å². The predicted molar refractivity (Wildman–Crippen MR) is 343 cm³/mol. The molecule has 1 unspecified atom stereocenters. The van der Waals surface area contributed by atoms with E-state index in [9.17, 15) is 14.4 Å². The van der Waals surface area contributed by atoms with Gasteiger partial charge in [-0.25, -0.2) is 0 Å². The van der Waals surface area contributed by atoms with Crippen molar-refractivity contribution in [2.24, 2.45) is 0 Å². The molecule has 0 spiro atoms. The number of carbonyl (C=O) groups excluding carboxylic acids is 3. The standard InChI is InChI=1S/C73H118O6/c1-4-7-10-13-16-19-22-25-28-31-33-35-36-38-39-42-45-48-51-54-57-60-63-66-72(75)78-69-70(68-77-71(74)65-62-59-56-53-50-47-44-41-30-27-24-21-18-15-12-9-6-3)79-73(76)67-64-61-58-55-52-49-46-43-40-37-34-32-29-26-23-20-17-14-11-8-5-2/h7-8,10-11,16-17,19-20,25-26,28-29,33-35,37-39,43,45-46,48,52,55,70H,4-6,9,12-15,18,21-24,27,30-32,36,40-42,44,47,49-51,53-54,56-69H2,1-3H3/b10-7-,11-8-,19-16-,20-17-,28-25-,29-26-,35-33-,37-34-,39-38-,46-43-,48-45-,55-52-. The van der Waals surface area contributed by atoms with E-state index in [2.05, 4.69) is 167 Å². The van der Waals surface area contributed by atoms with Crippen molar-refractivity contribution in [1.82, 2.24) is 0 Å². The first-order valence-electron chi connectivity index (χ1n) is 32.3. The van der Waals surface area contributed by atoms with Gasteiger partial charge in [0.2, 0.25) is 0 Å². The van der Waals surface area contributed by atoms with E-state index in [1.807, 2.05) is 0 Å². The fourth-order valence-corrected chi connectivity index (χ4v) is 8.57. The van der Waals surface area contributed by atoms with Gasteiger partial charge in [-0.05, 0) is 122 Å². The monoisotopic (exact) mass is 1090 g/mol. The Morgan fingerprint density at radius 3 is 0.797 bits per heavy atom. The average molecular weight is 1090 g/mol. The fraction of sp³-hybridized carbons (Fsp3) is 0.630. The number of unbranched alkanes of at least 4 members (excludes halogenated alkanes) is 22. The molecule has 0 aliphatic rings. The second-order valence-corrected chi connectivity index (χ2v) is 20.9. The maximum absolute atomic E-state index is 12.9. The van der Waals surface area contributed by atoms with Gasteiger partial charge in [0.25, 0.3) is 0 Å². The van der Waals surface area contributed by atoms with Crippen LogP contribution in [0.1, 0.15) is 278 Å². The third kappa shape index (κ3) is 64.0. The van der Waals surface area contributed by atoms with Gasteiger partial charge in [-0.2, -0.15) is 0 Å². The summed E-state index contributed by atoms with van der Waals surface area (Å²) in [5.74, 6) is -0.974. The Labute approximate surface area is 487 Å². The third-order valence-electron chi connectivity index (χ3n) is 13.3. The summed E-state index contributed by atoms with van der Waals surface area (Å²) in [5.41, 5.74) is 0. The quantitative estimate of drug-likeness (QED) is 0.0261. The molecular weight excluding hydrogens is 973 g/mol. The number of ether oxygens (including phenoxy) is 3. The highest BCUT2D eigenvalue weighted by atomic mass is 16.6. The average Bonchev–Trinajstić information content (AvgIpc) is 3.45. The summed E-state index contributed by atoms with van der Waals surface area (Å²) in [6, 6.07) is 0. The van der Waals surface area contributed by atoms with Gasteiger partial charge in [0.1, 0.15) is 13.2 Å². The van der Waals surface area contributed by atoms with Crippen LogP contribution in [0.15, 0.2) is 146 Å². The molecule has 0 saturated carbocycles. The molecule has 0 aromatic heterocycles. The Bertz CT molecular complexity index is 1730. The van der Waals surface area contributed by atoms with Gasteiger partial charge in [-0.3, -0.25) is 14.4 Å². The van der Waals surface area contributed by atoms with Crippen LogP contribution in [0.3, 0.4) is 0 Å². The number of hydrogen-bond donors (Lipinski definition) is 0. The summed E-state index contributed by atoms with van der Waals surface area (Å²) in [6.45, 7) is 6.37. The lowest BCUT2D eigenvalue weighted by Crippen LogP contribution is -2.30.